The fourth-order valence-corrected chi connectivity index (χ4v) is 3.58. The molecule has 6 heteroatoms. The molecule has 2 aromatic rings. The van der Waals surface area contributed by atoms with Crippen LogP contribution in [0.5, 0.6) is 5.75 Å². The molecule has 0 aliphatic heterocycles. The molecule has 158 valence electrons. The fraction of sp³-hybridized carbons (Fsp3) is 0.522. The van der Waals surface area contributed by atoms with Crippen molar-refractivity contribution in [2.45, 2.75) is 69.8 Å². The number of thioether (sulfide) groups is 1. The van der Waals surface area contributed by atoms with Crippen molar-refractivity contribution in [2.24, 2.45) is 5.92 Å². The van der Waals surface area contributed by atoms with Crippen LogP contribution in [0, 0.1) is 5.92 Å². The summed E-state index contributed by atoms with van der Waals surface area (Å²) < 4.78 is 5.33. The molecule has 1 heterocycles. The number of alkyl halides is 1. The van der Waals surface area contributed by atoms with Gasteiger partial charge in [-0.15, -0.1) is 11.6 Å². The first-order valence-electron chi connectivity index (χ1n) is 10.4. The van der Waals surface area contributed by atoms with E-state index in [1.54, 1.807) is 23.9 Å². The van der Waals surface area contributed by atoms with Crippen LogP contribution in [0.4, 0.5) is 0 Å². The summed E-state index contributed by atoms with van der Waals surface area (Å²) >= 11 is 7.75. The normalized spacial score (nSPS) is 12.2. The molecule has 0 saturated heterocycles. The highest BCUT2D eigenvalue weighted by atomic mass is 35.5. The monoisotopic (exact) mass is 434 g/mol. The van der Waals surface area contributed by atoms with Crippen molar-refractivity contribution in [3.05, 3.63) is 36.7 Å². The molecule has 29 heavy (non-hydrogen) atoms. The number of aromatic nitrogens is 2. The van der Waals surface area contributed by atoms with Crippen molar-refractivity contribution >= 4 is 29.3 Å². The van der Waals surface area contributed by atoms with E-state index in [2.05, 4.69) is 16.9 Å². The second-order valence-corrected chi connectivity index (χ2v) is 8.99. The highest BCUT2D eigenvalue weighted by Crippen LogP contribution is 2.24. The van der Waals surface area contributed by atoms with Gasteiger partial charge in [0.15, 0.2) is 5.16 Å². The minimum absolute atomic E-state index is 0.0260. The minimum Gasteiger partial charge on any atom is -0.425 e. The van der Waals surface area contributed by atoms with Crippen LogP contribution in [0.3, 0.4) is 0 Å². The molecule has 0 aliphatic carbocycles. The Morgan fingerprint density at radius 2 is 1.62 bits per heavy atom. The van der Waals surface area contributed by atoms with Gasteiger partial charge in [0.2, 0.25) is 0 Å². The van der Waals surface area contributed by atoms with Crippen molar-refractivity contribution < 1.29 is 9.53 Å². The largest absolute Gasteiger partial charge is 0.425 e. The molecule has 0 spiro atoms. The van der Waals surface area contributed by atoms with Gasteiger partial charge >= 0.3 is 5.97 Å². The van der Waals surface area contributed by atoms with Gasteiger partial charge in [0.25, 0.3) is 0 Å². The van der Waals surface area contributed by atoms with Gasteiger partial charge in [-0.25, -0.2) is 9.97 Å². The first-order valence-corrected chi connectivity index (χ1v) is 11.8. The zero-order valence-corrected chi connectivity index (χ0v) is 19.1. The quantitative estimate of drug-likeness (QED) is 0.0921. The standard InChI is InChI=1S/C23H31ClN2O2S/c1-4-5-6-7-8-9-14-29-23-25-15-19(16-26-23)18-10-12-20(13-11-18)28-22(27)21(24)17(2)3/h10-13,15-17,21H,4-9,14H2,1-3H3. The third-order valence-corrected chi connectivity index (χ3v) is 6.22. The van der Waals surface area contributed by atoms with E-state index >= 15 is 0 Å². The summed E-state index contributed by atoms with van der Waals surface area (Å²) in [5, 5.41) is 0.166. The number of nitrogens with zero attached hydrogens (tertiary/aromatic N) is 2. The first-order chi connectivity index (χ1) is 14.0. The SMILES string of the molecule is CCCCCCCCSc1ncc(-c2ccc(OC(=O)C(Cl)C(C)C)cc2)cn1. The maximum atomic E-state index is 11.9. The van der Waals surface area contributed by atoms with E-state index < -0.39 is 11.3 Å². The molecule has 1 atom stereocenters. The van der Waals surface area contributed by atoms with Crippen LogP contribution < -0.4 is 4.74 Å². The summed E-state index contributed by atoms with van der Waals surface area (Å²) in [5.74, 6) is 1.14. The van der Waals surface area contributed by atoms with E-state index in [4.69, 9.17) is 16.3 Å². The summed E-state index contributed by atoms with van der Waals surface area (Å²) in [4.78, 5) is 20.9. The van der Waals surface area contributed by atoms with Gasteiger partial charge in [-0.1, -0.05) is 76.8 Å². The average Bonchev–Trinajstić information content (AvgIpc) is 2.73. The molecule has 0 fully saturated rings. The smallest absolute Gasteiger partial charge is 0.329 e. The van der Waals surface area contributed by atoms with E-state index in [0.29, 0.717) is 5.75 Å². The van der Waals surface area contributed by atoms with Crippen molar-refractivity contribution in [3.63, 3.8) is 0 Å². The molecule has 0 bridgehead atoms. The minimum atomic E-state index is -0.649. The Hall–Kier alpha value is -1.59. The second kappa shape index (κ2) is 12.9. The Labute approximate surface area is 183 Å². The lowest BCUT2D eigenvalue weighted by Gasteiger charge is -2.12. The maximum Gasteiger partial charge on any atom is 0.329 e. The van der Waals surface area contributed by atoms with Gasteiger partial charge in [-0.3, -0.25) is 4.79 Å². The van der Waals surface area contributed by atoms with Gasteiger partial charge in [0.05, 0.1) is 0 Å². The van der Waals surface area contributed by atoms with Crippen molar-refractivity contribution in [3.8, 4) is 16.9 Å². The lowest BCUT2D eigenvalue weighted by atomic mass is 10.1. The van der Waals surface area contributed by atoms with Crippen molar-refractivity contribution in [1.82, 2.24) is 9.97 Å². The zero-order valence-electron chi connectivity index (χ0n) is 17.6. The molecule has 1 aromatic heterocycles. The molecule has 0 saturated carbocycles. The number of benzene rings is 1. The highest BCUT2D eigenvalue weighted by molar-refractivity contribution is 7.99. The van der Waals surface area contributed by atoms with Gasteiger partial charge < -0.3 is 4.74 Å². The lowest BCUT2D eigenvalue weighted by molar-refractivity contribution is -0.134. The number of rotatable bonds is 12. The summed E-state index contributed by atoms with van der Waals surface area (Å²) in [5.41, 5.74) is 1.91. The van der Waals surface area contributed by atoms with Gasteiger partial charge in [-0.05, 0) is 30.0 Å². The Morgan fingerprint density at radius 3 is 2.24 bits per heavy atom. The molecule has 0 aliphatic rings. The number of hydrogen-bond acceptors (Lipinski definition) is 5. The van der Waals surface area contributed by atoms with E-state index in [0.717, 1.165) is 22.0 Å². The molecule has 1 unspecified atom stereocenters. The molecule has 2 rings (SSSR count). The van der Waals surface area contributed by atoms with Crippen LogP contribution in [0.25, 0.3) is 11.1 Å². The number of esters is 1. The van der Waals surface area contributed by atoms with Gasteiger partial charge in [0, 0.05) is 23.7 Å². The molecular weight excluding hydrogens is 404 g/mol. The topological polar surface area (TPSA) is 52.1 Å². The number of hydrogen-bond donors (Lipinski definition) is 0. The Balaban J connectivity index is 1.81. The van der Waals surface area contributed by atoms with Crippen LogP contribution >= 0.6 is 23.4 Å². The predicted octanol–water partition coefficient (Wildman–Crippen LogP) is 6.77. The highest BCUT2D eigenvalue weighted by Gasteiger charge is 2.21. The molecule has 0 radical (unpaired) electrons. The van der Waals surface area contributed by atoms with E-state index in [1.807, 2.05) is 38.4 Å². The Bertz CT molecular complexity index is 736. The number of halogens is 1. The number of carbonyl (C=O) groups is 1. The third-order valence-electron chi connectivity index (χ3n) is 4.57. The first kappa shape index (κ1) is 23.7. The Kier molecular flexibility index (Phi) is 10.5. The molecule has 0 amide bonds. The van der Waals surface area contributed by atoms with Crippen molar-refractivity contribution in [1.29, 1.82) is 0 Å². The lowest BCUT2D eigenvalue weighted by Crippen LogP contribution is -2.25. The summed E-state index contributed by atoms with van der Waals surface area (Å²) in [6.07, 6.45) is 11.5. The van der Waals surface area contributed by atoms with Crippen LogP contribution in [0.15, 0.2) is 41.8 Å². The number of ether oxygens (including phenoxy) is 1. The van der Waals surface area contributed by atoms with Crippen molar-refractivity contribution in [2.75, 3.05) is 5.75 Å². The summed E-state index contributed by atoms with van der Waals surface area (Å²) in [6, 6.07) is 7.31. The fourth-order valence-electron chi connectivity index (χ4n) is 2.75. The zero-order chi connectivity index (χ0) is 21.1. The Morgan fingerprint density at radius 1 is 1.00 bits per heavy atom. The van der Waals surface area contributed by atoms with Crippen LogP contribution in [0.1, 0.15) is 59.3 Å². The summed E-state index contributed by atoms with van der Waals surface area (Å²) in [7, 11) is 0. The van der Waals surface area contributed by atoms with Gasteiger partial charge in [-0.2, -0.15) is 0 Å². The van der Waals surface area contributed by atoms with E-state index in [-0.39, 0.29) is 5.92 Å². The van der Waals surface area contributed by atoms with E-state index in [1.165, 1.54) is 38.5 Å². The predicted molar refractivity (Wildman–Crippen MR) is 122 cm³/mol. The maximum absolute atomic E-state index is 11.9. The number of carbonyl (C=O) groups excluding carboxylic acids is 1. The second-order valence-electron chi connectivity index (χ2n) is 7.46. The third kappa shape index (κ3) is 8.35. The summed E-state index contributed by atoms with van der Waals surface area (Å²) in [6.45, 7) is 6.01. The molecule has 1 aromatic carbocycles. The molecular formula is C23H31ClN2O2S. The molecule has 4 nitrogen and oxygen atoms in total. The van der Waals surface area contributed by atoms with Gasteiger partial charge in [0.1, 0.15) is 11.1 Å². The van der Waals surface area contributed by atoms with Crippen LogP contribution in [-0.2, 0) is 4.79 Å². The average molecular weight is 435 g/mol. The molecule has 0 N–H and O–H groups in total. The van der Waals surface area contributed by atoms with E-state index in [9.17, 15) is 4.79 Å². The number of unbranched alkanes of at least 4 members (excludes halogenated alkanes) is 5. The van der Waals surface area contributed by atoms with Crippen LogP contribution in [0.2, 0.25) is 0 Å². The van der Waals surface area contributed by atoms with Crippen LogP contribution in [-0.4, -0.2) is 27.1 Å².